The molecule has 0 fully saturated rings. The van der Waals surface area contributed by atoms with Gasteiger partial charge < -0.3 is 0 Å². The number of hydrogen-bond acceptors (Lipinski definition) is 0. The van der Waals surface area contributed by atoms with Crippen molar-refractivity contribution in [2.75, 3.05) is 0 Å². The van der Waals surface area contributed by atoms with E-state index in [1.54, 1.807) is 36.4 Å². The third kappa shape index (κ3) is 6.32. The van der Waals surface area contributed by atoms with Crippen LogP contribution < -0.4 is 0 Å². The van der Waals surface area contributed by atoms with Crippen LogP contribution in [0.4, 0.5) is 26.3 Å². The average molecular weight is 892 g/mol. The molecule has 0 radical (unpaired) electrons. The molecule has 0 amide bonds. The Morgan fingerprint density at radius 2 is 0.786 bits per heavy atom. The van der Waals surface area contributed by atoms with Crippen molar-refractivity contribution in [3.05, 3.63) is 190 Å². The number of benzene rings is 6. The van der Waals surface area contributed by atoms with E-state index in [0.717, 1.165) is 45.5 Å². The Morgan fingerprint density at radius 1 is 0.446 bits per heavy atom. The first kappa shape index (κ1) is 38.9. The van der Waals surface area contributed by atoms with E-state index in [2.05, 4.69) is 13.1 Å². The predicted octanol–water partition coefficient (Wildman–Crippen LogP) is 14.9. The molecule has 0 saturated heterocycles. The Kier molecular flexibility index (Phi) is 9.84. The van der Waals surface area contributed by atoms with Crippen molar-refractivity contribution in [2.24, 2.45) is 0 Å². The molecule has 8 rings (SSSR count). The summed E-state index contributed by atoms with van der Waals surface area (Å²) in [6.07, 6.45) is -5.24. The van der Waals surface area contributed by atoms with E-state index in [4.69, 9.17) is 17.0 Å². The zero-order valence-electron chi connectivity index (χ0n) is 30.3. The topological polar surface area (TPSA) is 0 Å². The molecular weight excluding hydrogens is 857 g/mol. The summed E-state index contributed by atoms with van der Waals surface area (Å²) in [5.41, 5.74) is 5.73. The van der Waals surface area contributed by atoms with Crippen LogP contribution in [-0.2, 0) is 27.9 Å². The molecule has 283 valence electrons. The van der Waals surface area contributed by atoms with Crippen LogP contribution in [0.2, 0.25) is 13.1 Å². The van der Waals surface area contributed by atoms with Crippen LogP contribution in [0, 0.1) is 0 Å². The van der Waals surface area contributed by atoms with Crippen LogP contribution in [0.25, 0.3) is 45.6 Å². The van der Waals surface area contributed by atoms with Crippen LogP contribution in [0.3, 0.4) is 0 Å². The summed E-state index contributed by atoms with van der Waals surface area (Å²) in [7, 11) is 17.4. The Labute approximate surface area is 330 Å². The van der Waals surface area contributed by atoms with Crippen LogP contribution in [0.1, 0.15) is 51.8 Å². The van der Waals surface area contributed by atoms with Gasteiger partial charge in [-0.15, -0.1) is 0 Å². The average Bonchev–Trinajstić information content (AvgIpc) is 3.79. The maximum atomic E-state index is 14.5. The van der Waals surface area contributed by atoms with Crippen LogP contribution in [0.15, 0.2) is 146 Å². The molecule has 2 atom stereocenters. The van der Waals surface area contributed by atoms with Gasteiger partial charge in [-0.05, 0) is 0 Å². The van der Waals surface area contributed by atoms with Crippen molar-refractivity contribution in [3.8, 4) is 22.3 Å². The number of hydrogen-bond donors (Lipinski definition) is 0. The molecule has 0 aromatic heterocycles. The van der Waals surface area contributed by atoms with Crippen molar-refractivity contribution in [3.63, 3.8) is 0 Å². The zero-order valence-corrected chi connectivity index (χ0v) is 35.4. The van der Waals surface area contributed by atoms with Crippen LogP contribution in [0.5, 0.6) is 0 Å². The molecule has 10 heteroatoms. The van der Waals surface area contributed by atoms with E-state index in [0.29, 0.717) is 22.3 Å². The second-order valence-electron chi connectivity index (χ2n) is 14.9. The first-order chi connectivity index (χ1) is 26.6. The molecule has 0 heterocycles. The summed E-state index contributed by atoms with van der Waals surface area (Å²) >= 11 is -5.69. The van der Waals surface area contributed by atoms with E-state index in [9.17, 15) is 26.3 Å². The van der Waals surface area contributed by atoms with Crippen molar-refractivity contribution < 1.29 is 41.9 Å². The Bertz CT molecular complexity index is 2370. The normalized spacial score (nSPS) is 17.5. The third-order valence-corrected chi connectivity index (χ3v) is 63.1. The molecule has 2 aliphatic rings. The van der Waals surface area contributed by atoms with E-state index in [-0.39, 0.29) is 11.1 Å². The molecule has 0 bridgehead atoms. The van der Waals surface area contributed by atoms with Crippen molar-refractivity contribution in [1.82, 2.24) is 0 Å². The molecular formula is C46H35Cl2F6SiZr. The number of alkyl halides is 6. The minimum absolute atomic E-state index is 0.0611. The fraction of sp³-hybridized carbons (Fsp3) is 0.130. The van der Waals surface area contributed by atoms with Crippen molar-refractivity contribution in [2.45, 2.75) is 32.7 Å². The first-order valence-electron chi connectivity index (χ1n) is 18.3. The molecule has 56 heavy (non-hydrogen) atoms. The fourth-order valence-corrected chi connectivity index (χ4v) is 39.1. The van der Waals surface area contributed by atoms with Gasteiger partial charge in [-0.25, -0.2) is 0 Å². The Balaban J connectivity index is 1.44. The molecule has 0 aliphatic heterocycles. The predicted molar refractivity (Wildman–Crippen MR) is 218 cm³/mol. The number of fused-ring (bicyclic) bond motifs is 2. The summed E-state index contributed by atoms with van der Waals surface area (Å²) in [4.78, 5) is 0. The summed E-state index contributed by atoms with van der Waals surface area (Å²) < 4.78 is 86.2. The quantitative estimate of drug-likeness (QED) is 0.111. The number of halogens is 8. The number of rotatable bonds is 7. The van der Waals surface area contributed by atoms with Crippen molar-refractivity contribution >= 4 is 46.2 Å². The second kappa shape index (κ2) is 14.2. The Morgan fingerprint density at radius 3 is 1.14 bits per heavy atom. The van der Waals surface area contributed by atoms with Gasteiger partial charge in [-0.2, -0.15) is 0 Å². The monoisotopic (exact) mass is 889 g/mol. The first-order valence-corrected chi connectivity index (χ1v) is 34.6. The van der Waals surface area contributed by atoms with Gasteiger partial charge in [0.2, 0.25) is 0 Å². The summed E-state index contributed by atoms with van der Waals surface area (Å²) in [5.74, 6) is -2.22. The van der Waals surface area contributed by atoms with Crippen LogP contribution >= 0.6 is 17.0 Å². The van der Waals surface area contributed by atoms with Gasteiger partial charge in [0.05, 0.1) is 0 Å². The van der Waals surface area contributed by atoms with Gasteiger partial charge in [0.25, 0.3) is 0 Å². The van der Waals surface area contributed by atoms with E-state index < -0.39 is 52.2 Å². The van der Waals surface area contributed by atoms with Gasteiger partial charge in [-0.3, -0.25) is 0 Å². The SMILES string of the molecule is C[SiH](C)[Zr]([Cl])([Cl])([CH]1C(c2ccccc2)=Cc2c(-c3ccccc3C(F)(F)F)cccc21)[CH]1C(c2ccccc2)=Cc2c(-c3ccccc3C(F)(F)F)cccc21. The number of allylic oxidation sites excluding steroid dienone is 2. The fourth-order valence-electron chi connectivity index (χ4n) is 8.99. The van der Waals surface area contributed by atoms with Gasteiger partial charge >= 0.3 is 333 Å². The van der Waals surface area contributed by atoms with Gasteiger partial charge in [0, 0.05) is 0 Å². The molecule has 2 unspecified atom stereocenters. The Hall–Kier alpha value is -3.94. The van der Waals surface area contributed by atoms with Crippen molar-refractivity contribution in [1.29, 1.82) is 0 Å². The van der Waals surface area contributed by atoms with Gasteiger partial charge in [-0.1, -0.05) is 0 Å². The zero-order chi connectivity index (χ0) is 39.6. The molecule has 0 spiro atoms. The molecule has 6 aromatic carbocycles. The van der Waals surface area contributed by atoms with Gasteiger partial charge in [0.15, 0.2) is 0 Å². The van der Waals surface area contributed by atoms with Gasteiger partial charge in [0.1, 0.15) is 0 Å². The minimum atomic E-state index is -5.69. The summed E-state index contributed by atoms with van der Waals surface area (Å²) in [6, 6.07) is 41.4. The van der Waals surface area contributed by atoms with E-state index in [1.165, 1.54) is 24.3 Å². The second-order valence-corrected chi connectivity index (χ2v) is 57.4. The molecule has 2 aliphatic carbocycles. The standard InChI is InChI=1S/2C22H14F3.C2H7Si.2ClH.Zr/c2*23-22(24,25)21-12-5-4-10-19(21)18-11-6-9-16-13-17(14-20(16)18)15-7-2-1-3-8-15;1-3-2;;;/h2*1-14H;3H,1-2H3;2*1H;/q;;;;;+2/p-2. The van der Waals surface area contributed by atoms with Crippen LogP contribution in [-0.4, -0.2) is 5.92 Å². The molecule has 0 saturated carbocycles. The van der Waals surface area contributed by atoms with E-state index in [1.807, 2.05) is 84.9 Å². The molecule has 6 aromatic rings. The maximum absolute atomic E-state index is 14.5. The summed E-state index contributed by atoms with van der Waals surface area (Å²) in [5, 5.41) is 0. The molecule has 0 nitrogen and oxygen atoms in total. The summed E-state index contributed by atoms with van der Waals surface area (Å²) in [6.45, 7) is 4.30. The molecule has 0 N–H and O–H groups in total. The van der Waals surface area contributed by atoms with E-state index >= 15 is 0 Å². The third-order valence-electron chi connectivity index (χ3n) is 11.6.